The van der Waals surface area contributed by atoms with Crippen molar-refractivity contribution < 1.29 is 9.53 Å². The Balaban J connectivity index is 1.30. The molecule has 8 nitrogen and oxygen atoms in total. The number of alkyl carbamates (subject to hydrolysis) is 1. The molecule has 0 spiro atoms. The lowest BCUT2D eigenvalue weighted by Gasteiger charge is -2.24. The zero-order valence-corrected chi connectivity index (χ0v) is 26.4. The van der Waals surface area contributed by atoms with E-state index in [1.54, 1.807) is 0 Å². The summed E-state index contributed by atoms with van der Waals surface area (Å²) >= 11 is 0. The second-order valence-electron chi connectivity index (χ2n) is 12.8. The van der Waals surface area contributed by atoms with Crippen LogP contribution in [-0.4, -0.2) is 36.4 Å². The summed E-state index contributed by atoms with van der Waals surface area (Å²) in [5, 5.41) is 17.4. The van der Waals surface area contributed by atoms with E-state index in [1.807, 2.05) is 45.2 Å². The standard InChI is InChI=1S/C38H38N6O2/c1-38(2,3)46-37(45)41-34(21-28-23-40-33-18-9-7-16-31(28)33)36-43-42-35(20-19-26-22-39-32-17-8-6-15-30(26)32)44(36)24-27-13-10-12-25-11-4-5-14-29(25)27/h4-18,22-23,34,39-40H,19-21,24H2,1-3H3,(H,41,45)/t34-/m1/s1. The molecule has 1 atom stereocenters. The molecule has 1 amide bonds. The van der Waals surface area contributed by atoms with Crippen molar-refractivity contribution in [3.63, 3.8) is 0 Å². The minimum Gasteiger partial charge on any atom is -0.444 e. The van der Waals surface area contributed by atoms with Gasteiger partial charge in [0, 0.05) is 47.0 Å². The Labute approximate surface area is 267 Å². The monoisotopic (exact) mass is 610 g/mol. The molecule has 0 unspecified atom stereocenters. The third kappa shape index (κ3) is 6.11. The number of hydrogen-bond donors (Lipinski definition) is 3. The van der Waals surface area contributed by atoms with Crippen molar-refractivity contribution in [1.82, 2.24) is 30.0 Å². The number of H-pyrrole nitrogens is 2. The van der Waals surface area contributed by atoms with E-state index < -0.39 is 17.7 Å². The molecule has 8 heteroatoms. The molecule has 46 heavy (non-hydrogen) atoms. The summed E-state index contributed by atoms with van der Waals surface area (Å²) in [7, 11) is 0. The Hall–Kier alpha value is -5.37. The second-order valence-corrected chi connectivity index (χ2v) is 12.8. The van der Waals surface area contributed by atoms with Crippen molar-refractivity contribution in [2.75, 3.05) is 0 Å². The van der Waals surface area contributed by atoms with Gasteiger partial charge in [-0.2, -0.15) is 0 Å². The molecule has 3 heterocycles. The van der Waals surface area contributed by atoms with Crippen molar-refractivity contribution in [1.29, 1.82) is 0 Å². The number of aryl methyl sites for hydroxylation is 2. The highest BCUT2D eigenvalue weighted by molar-refractivity contribution is 5.86. The molecule has 4 aromatic carbocycles. The van der Waals surface area contributed by atoms with Gasteiger partial charge in [-0.15, -0.1) is 10.2 Å². The maximum Gasteiger partial charge on any atom is 0.408 e. The molecule has 232 valence electrons. The average Bonchev–Trinajstić information content (AvgIpc) is 3.76. The minimum absolute atomic E-state index is 0.488. The van der Waals surface area contributed by atoms with E-state index in [-0.39, 0.29) is 0 Å². The molecule has 0 radical (unpaired) electrons. The van der Waals surface area contributed by atoms with Crippen molar-refractivity contribution in [3.8, 4) is 0 Å². The predicted octanol–water partition coefficient (Wildman–Crippen LogP) is 8.04. The number of fused-ring (bicyclic) bond motifs is 3. The van der Waals surface area contributed by atoms with Crippen LogP contribution in [-0.2, 0) is 30.5 Å². The van der Waals surface area contributed by atoms with Crippen LogP contribution in [0.25, 0.3) is 32.6 Å². The van der Waals surface area contributed by atoms with Gasteiger partial charge >= 0.3 is 6.09 Å². The summed E-state index contributed by atoms with van der Waals surface area (Å²) in [6, 6.07) is 30.9. The lowest BCUT2D eigenvalue weighted by Crippen LogP contribution is -2.37. The first kappa shape index (κ1) is 29.3. The van der Waals surface area contributed by atoms with E-state index in [0.717, 1.165) is 39.8 Å². The van der Waals surface area contributed by atoms with Gasteiger partial charge < -0.3 is 24.6 Å². The molecule has 0 saturated heterocycles. The first-order valence-electron chi connectivity index (χ1n) is 15.8. The van der Waals surface area contributed by atoms with E-state index in [0.29, 0.717) is 25.2 Å². The van der Waals surface area contributed by atoms with Gasteiger partial charge in [0.2, 0.25) is 0 Å². The van der Waals surface area contributed by atoms with Crippen LogP contribution in [0.4, 0.5) is 4.79 Å². The molecule has 0 aliphatic rings. The van der Waals surface area contributed by atoms with Crippen molar-refractivity contribution in [2.45, 2.75) is 58.2 Å². The molecule has 7 aromatic rings. The first-order chi connectivity index (χ1) is 22.3. The van der Waals surface area contributed by atoms with Crippen LogP contribution in [0.1, 0.15) is 55.2 Å². The Morgan fingerprint density at radius 2 is 1.39 bits per heavy atom. The lowest BCUT2D eigenvalue weighted by atomic mass is 10.0. The van der Waals surface area contributed by atoms with Crippen molar-refractivity contribution in [2.24, 2.45) is 0 Å². The summed E-state index contributed by atoms with van der Waals surface area (Å²) in [4.78, 5) is 20.1. The van der Waals surface area contributed by atoms with E-state index in [1.165, 1.54) is 21.7 Å². The number of ether oxygens (including phenoxy) is 1. The van der Waals surface area contributed by atoms with Crippen LogP contribution in [0.5, 0.6) is 0 Å². The smallest absolute Gasteiger partial charge is 0.408 e. The van der Waals surface area contributed by atoms with Crippen LogP contribution in [0.2, 0.25) is 0 Å². The third-order valence-electron chi connectivity index (χ3n) is 8.46. The van der Waals surface area contributed by atoms with Gasteiger partial charge in [0.15, 0.2) is 5.82 Å². The Morgan fingerprint density at radius 1 is 0.761 bits per heavy atom. The van der Waals surface area contributed by atoms with Crippen LogP contribution in [0.15, 0.2) is 103 Å². The fraction of sp³-hybridized carbons (Fsp3) is 0.237. The predicted molar refractivity (Wildman–Crippen MR) is 183 cm³/mol. The van der Waals surface area contributed by atoms with Crippen LogP contribution < -0.4 is 5.32 Å². The molecule has 3 aromatic heterocycles. The summed E-state index contributed by atoms with van der Waals surface area (Å²) in [6.07, 6.45) is 5.60. The quantitative estimate of drug-likeness (QED) is 0.154. The molecular weight excluding hydrogens is 572 g/mol. The first-order valence-corrected chi connectivity index (χ1v) is 15.8. The maximum absolute atomic E-state index is 13.3. The number of aromatic amines is 2. The van der Waals surface area contributed by atoms with Gasteiger partial charge in [-0.05, 0) is 66.8 Å². The Bertz CT molecular complexity index is 2140. The van der Waals surface area contributed by atoms with Crippen LogP contribution in [0.3, 0.4) is 0 Å². The number of nitrogens with zero attached hydrogens (tertiary/aromatic N) is 3. The Morgan fingerprint density at radius 3 is 2.13 bits per heavy atom. The average molecular weight is 611 g/mol. The Kier molecular flexibility index (Phi) is 7.78. The van der Waals surface area contributed by atoms with E-state index in [9.17, 15) is 4.79 Å². The number of nitrogens with one attached hydrogen (secondary N) is 3. The molecular formula is C38H38N6O2. The number of carbonyl (C=O) groups is 1. The van der Waals surface area contributed by atoms with Gasteiger partial charge in [-0.25, -0.2) is 4.79 Å². The van der Waals surface area contributed by atoms with Crippen LogP contribution in [0, 0.1) is 0 Å². The summed E-state index contributed by atoms with van der Waals surface area (Å²) in [5.41, 5.74) is 5.00. The number of benzene rings is 4. The molecule has 3 N–H and O–H groups in total. The number of carbonyl (C=O) groups excluding carboxylic acids is 1. The highest BCUT2D eigenvalue weighted by Crippen LogP contribution is 2.28. The number of para-hydroxylation sites is 2. The zero-order valence-electron chi connectivity index (χ0n) is 26.4. The number of rotatable bonds is 9. The summed E-state index contributed by atoms with van der Waals surface area (Å²) < 4.78 is 7.93. The highest BCUT2D eigenvalue weighted by atomic mass is 16.6. The fourth-order valence-electron chi connectivity index (χ4n) is 6.33. The van der Waals surface area contributed by atoms with Gasteiger partial charge in [0.1, 0.15) is 11.4 Å². The van der Waals surface area contributed by atoms with E-state index in [4.69, 9.17) is 14.9 Å². The second kappa shape index (κ2) is 12.2. The van der Waals surface area contributed by atoms with E-state index in [2.05, 4.69) is 98.8 Å². The van der Waals surface area contributed by atoms with Crippen molar-refractivity contribution in [3.05, 3.63) is 132 Å². The van der Waals surface area contributed by atoms with Gasteiger partial charge in [-0.3, -0.25) is 0 Å². The van der Waals surface area contributed by atoms with Gasteiger partial charge in [0.25, 0.3) is 0 Å². The minimum atomic E-state index is -0.642. The highest BCUT2D eigenvalue weighted by Gasteiger charge is 2.27. The van der Waals surface area contributed by atoms with Gasteiger partial charge in [-0.1, -0.05) is 78.9 Å². The lowest BCUT2D eigenvalue weighted by molar-refractivity contribution is 0.0500. The molecule has 0 bridgehead atoms. The van der Waals surface area contributed by atoms with E-state index >= 15 is 0 Å². The topological polar surface area (TPSA) is 101 Å². The largest absolute Gasteiger partial charge is 0.444 e. The number of amides is 1. The summed E-state index contributed by atoms with van der Waals surface area (Å²) in [6.45, 7) is 6.17. The zero-order chi connectivity index (χ0) is 31.7. The number of hydrogen-bond acceptors (Lipinski definition) is 4. The van der Waals surface area contributed by atoms with Gasteiger partial charge in [0.05, 0.1) is 12.6 Å². The maximum atomic E-state index is 13.3. The normalized spacial score (nSPS) is 12.6. The SMILES string of the molecule is CC(C)(C)OC(=O)N[C@H](Cc1c[nH]c2ccccc12)c1nnc(CCc2c[nH]c3ccccc23)n1Cc1cccc2ccccc12. The molecule has 0 fully saturated rings. The third-order valence-corrected chi connectivity index (χ3v) is 8.46. The van der Waals surface area contributed by atoms with Crippen LogP contribution >= 0.6 is 0 Å². The molecule has 0 saturated carbocycles. The molecule has 0 aliphatic heterocycles. The fourth-order valence-corrected chi connectivity index (χ4v) is 6.33. The molecule has 0 aliphatic carbocycles. The molecule has 7 rings (SSSR count). The van der Waals surface area contributed by atoms with Crippen molar-refractivity contribution >= 4 is 38.7 Å². The number of aromatic nitrogens is 5. The summed E-state index contributed by atoms with van der Waals surface area (Å²) in [5.74, 6) is 1.56.